The molecule has 1 aliphatic heterocycles. The molecule has 1 saturated heterocycles. The van der Waals surface area contributed by atoms with Crippen LogP contribution in [0.1, 0.15) is 30.6 Å². The second-order valence-electron chi connectivity index (χ2n) is 6.73. The zero-order valence-electron chi connectivity index (χ0n) is 15.9. The Morgan fingerprint density at radius 1 is 1.07 bits per heavy atom. The molecule has 1 aromatic carbocycles. The Morgan fingerprint density at radius 2 is 1.79 bits per heavy atom. The van der Waals surface area contributed by atoms with Crippen molar-refractivity contribution in [3.8, 4) is 11.4 Å². The molecule has 1 aliphatic rings. The average Bonchev–Trinajstić information content (AvgIpc) is 3.42. The third-order valence-electron chi connectivity index (χ3n) is 4.94. The third-order valence-corrected chi connectivity index (χ3v) is 6.16. The Bertz CT molecular complexity index is 922. The van der Waals surface area contributed by atoms with Gasteiger partial charge in [0, 0.05) is 37.6 Å². The summed E-state index contributed by atoms with van der Waals surface area (Å²) in [5.41, 5.74) is 1.97. The van der Waals surface area contributed by atoms with Crippen molar-refractivity contribution in [2.24, 2.45) is 0 Å². The minimum absolute atomic E-state index is 0.157. The minimum atomic E-state index is -0.320. The molecule has 0 saturated carbocycles. The number of nitrogens with zero attached hydrogens (tertiary/aromatic N) is 5. The van der Waals surface area contributed by atoms with Crippen molar-refractivity contribution in [1.82, 2.24) is 24.6 Å². The van der Waals surface area contributed by atoms with Crippen LogP contribution in [0.4, 0.5) is 0 Å². The highest BCUT2D eigenvalue weighted by Crippen LogP contribution is 2.37. The molecule has 1 atom stereocenters. The molecule has 1 fully saturated rings. The van der Waals surface area contributed by atoms with E-state index in [9.17, 15) is 4.79 Å². The lowest BCUT2D eigenvalue weighted by atomic mass is 10.1. The first kappa shape index (κ1) is 18.7. The molecule has 28 heavy (non-hydrogen) atoms. The van der Waals surface area contributed by atoms with Gasteiger partial charge < -0.3 is 9.47 Å². The highest BCUT2D eigenvalue weighted by Gasteiger charge is 2.30. The molecule has 3 aromatic rings. The highest BCUT2D eigenvalue weighted by atomic mass is 32.2. The first-order valence-electron chi connectivity index (χ1n) is 9.62. The summed E-state index contributed by atoms with van der Waals surface area (Å²) in [7, 11) is 0. The molecule has 2 aromatic heterocycles. The number of aromatic nitrogens is 4. The molecule has 0 N–H and O–H groups in total. The van der Waals surface area contributed by atoms with E-state index in [1.807, 2.05) is 47.4 Å². The van der Waals surface area contributed by atoms with Gasteiger partial charge in [-0.1, -0.05) is 42.1 Å². The summed E-state index contributed by atoms with van der Waals surface area (Å²) in [6.45, 7) is 4.47. The first-order chi connectivity index (χ1) is 13.8. The molecule has 0 spiro atoms. The maximum atomic E-state index is 13.3. The number of hydrogen-bond acceptors (Lipinski definition) is 5. The first-order valence-corrected chi connectivity index (χ1v) is 10.5. The SMILES string of the molecule is CCn1c(SC(C(=O)N2CCCC2)c2ccccc2)nnc1-c1ccncc1. The van der Waals surface area contributed by atoms with Crippen molar-refractivity contribution in [2.75, 3.05) is 13.1 Å². The topological polar surface area (TPSA) is 63.9 Å². The number of carbonyl (C=O) groups excluding carboxylic acids is 1. The number of rotatable bonds is 6. The predicted molar refractivity (Wildman–Crippen MR) is 110 cm³/mol. The van der Waals surface area contributed by atoms with E-state index < -0.39 is 0 Å². The van der Waals surface area contributed by atoms with Crippen molar-refractivity contribution in [2.45, 2.75) is 36.7 Å². The van der Waals surface area contributed by atoms with E-state index in [4.69, 9.17) is 0 Å². The number of thioether (sulfide) groups is 1. The van der Waals surface area contributed by atoms with Crippen molar-refractivity contribution >= 4 is 17.7 Å². The number of amides is 1. The average molecular weight is 394 g/mol. The molecule has 1 amide bonds. The molecule has 0 aliphatic carbocycles. The van der Waals surface area contributed by atoms with Crippen LogP contribution in [0.3, 0.4) is 0 Å². The minimum Gasteiger partial charge on any atom is -0.341 e. The standard InChI is InChI=1S/C21H23N5OS/c1-2-26-19(17-10-12-22-13-11-17)23-24-21(26)28-18(16-8-4-3-5-9-16)20(27)25-14-6-7-15-25/h3-5,8-13,18H,2,6-7,14-15H2,1H3. The smallest absolute Gasteiger partial charge is 0.240 e. The van der Waals surface area contributed by atoms with Gasteiger partial charge in [0.1, 0.15) is 5.25 Å². The Morgan fingerprint density at radius 3 is 2.46 bits per heavy atom. The lowest BCUT2D eigenvalue weighted by Gasteiger charge is -2.23. The van der Waals surface area contributed by atoms with Gasteiger partial charge >= 0.3 is 0 Å². The summed E-state index contributed by atoms with van der Waals surface area (Å²) in [6.07, 6.45) is 5.66. The Balaban J connectivity index is 1.67. The fourth-order valence-corrected chi connectivity index (χ4v) is 4.66. The highest BCUT2D eigenvalue weighted by molar-refractivity contribution is 8.00. The van der Waals surface area contributed by atoms with E-state index in [-0.39, 0.29) is 11.2 Å². The van der Waals surface area contributed by atoms with Crippen molar-refractivity contribution in [1.29, 1.82) is 0 Å². The van der Waals surface area contributed by atoms with Crippen LogP contribution >= 0.6 is 11.8 Å². The van der Waals surface area contributed by atoms with E-state index >= 15 is 0 Å². The van der Waals surface area contributed by atoms with E-state index in [0.717, 1.165) is 54.6 Å². The third kappa shape index (κ3) is 3.80. The number of hydrogen-bond donors (Lipinski definition) is 0. The maximum Gasteiger partial charge on any atom is 0.240 e. The molecule has 144 valence electrons. The van der Waals surface area contributed by atoms with Crippen LogP contribution in [-0.4, -0.2) is 43.6 Å². The molecule has 3 heterocycles. The molecule has 1 unspecified atom stereocenters. The fraction of sp³-hybridized carbons (Fsp3) is 0.333. The van der Waals surface area contributed by atoms with E-state index in [0.29, 0.717) is 0 Å². The number of benzene rings is 1. The second-order valence-corrected chi connectivity index (χ2v) is 7.80. The molecule has 0 radical (unpaired) electrons. The van der Waals surface area contributed by atoms with Crippen LogP contribution in [0.25, 0.3) is 11.4 Å². The fourth-order valence-electron chi connectivity index (χ4n) is 3.47. The summed E-state index contributed by atoms with van der Waals surface area (Å²) >= 11 is 1.49. The molecule has 7 heteroatoms. The monoisotopic (exact) mass is 393 g/mol. The van der Waals surface area contributed by atoms with E-state index in [2.05, 4.69) is 26.7 Å². The quantitative estimate of drug-likeness (QED) is 0.596. The van der Waals surface area contributed by atoms with Gasteiger partial charge in [-0.25, -0.2) is 0 Å². The van der Waals surface area contributed by atoms with Crippen LogP contribution in [0, 0.1) is 0 Å². The lowest BCUT2D eigenvalue weighted by molar-refractivity contribution is -0.129. The van der Waals surface area contributed by atoms with Gasteiger partial charge in [0.2, 0.25) is 5.91 Å². The van der Waals surface area contributed by atoms with Crippen LogP contribution in [0.5, 0.6) is 0 Å². The van der Waals surface area contributed by atoms with Gasteiger partial charge in [0.25, 0.3) is 0 Å². The normalized spacial score (nSPS) is 15.0. The summed E-state index contributed by atoms with van der Waals surface area (Å²) in [4.78, 5) is 19.3. The predicted octanol–water partition coefficient (Wildman–Crippen LogP) is 3.82. The van der Waals surface area contributed by atoms with Gasteiger partial charge in [0.05, 0.1) is 0 Å². The number of pyridine rings is 1. The van der Waals surface area contributed by atoms with Crippen molar-refractivity contribution in [3.63, 3.8) is 0 Å². The van der Waals surface area contributed by atoms with Crippen LogP contribution in [0.15, 0.2) is 60.0 Å². The molecule has 0 bridgehead atoms. The molecular weight excluding hydrogens is 370 g/mol. The summed E-state index contributed by atoms with van der Waals surface area (Å²) in [6, 6.07) is 13.8. The van der Waals surface area contributed by atoms with Gasteiger partial charge in [-0.05, 0) is 37.5 Å². The lowest BCUT2D eigenvalue weighted by Crippen LogP contribution is -2.31. The number of likely N-dealkylation sites (tertiary alicyclic amines) is 1. The summed E-state index contributed by atoms with van der Waals surface area (Å²) < 4.78 is 2.06. The van der Waals surface area contributed by atoms with Crippen LogP contribution in [-0.2, 0) is 11.3 Å². The number of carbonyl (C=O) groups is 1. The van der Waals surface area contributed by atoms with E-state index in [1.165, 1.54) is 11.8 Å². The van der Waals surface area contributed by atoms with Gasteiger partial charge in [-0.3, -0.25) is 9.78 Å². The Labute approximate surface area is 169 Å². The Hall–Kier alpha value is -2.67. The van der Waals surface area contributed by atoms with Crippen LogP contribution < -0.4 is 0 Å². The summed E-state index contributed by atoms with van der Waals surface area (Å²) in [5, 5.41) is 9.26. The van der Waals surface area contributed by atoms with Gasteiger partial charge in [-0.15, -0.1) is 10.2 Å². The molecule has 6 nitrogen and oxygen atoms in total. The van der Waals surface area contributed by atoms with E-state index in [1.54, 1.807) is 12.4 Å². The largest absolute Gasteiger partial charge is 0.341 e. The van der Waals surface area contributed by atoms with Crippen molar-refractivity contribution in [3.05, 3.63) is 60.4 Å². The zero-order chi connectivity index (χ0) is 19.3. The second kappa shape index (κ2) is 8.56. The van der Waals surface area contributed by atoms with Gasteiger partial charge in [0.15, 0.2) is 11.0 Å². The Kier molecular flexibility index (Phi) is 5.71. The van der Waals surface area contributed by atoms with Crippen molar-refractivity contribution < 1.29 is 4.79 Å². The molecule has 4 rings (SSSR count). The van der Waals surface area contributed by atoms with Crippen LogP contribution in [0.2, 0.25) is 0 Å². The van der Waals surface area contributed by atoms with Gasteiger partial charge in [-0.2, -0.15) is 0 Å². The zero-order valence-corrected chi connectivity index (χ0v) is 16.7. The molecular formula is C21H23N5OS. The summed E-state index contributed by atoms with van der Waals surface area (Å²) in [5.74, 6) is 0.956. The maximum absolute atomic E-state index is 13.3.